The lowest BCUT2D eigenvalue weighted by atomic mass is 10.3. The fourth-order valence-electron chi connectivity index (χ4n) is 2.18. The van der Waals surface area contributed by atoms with Crippen molar-refractivity contribution in [2.24, 2.45) is 0 Å². The van der Waals surface area contributed by atoms with Crippen LogP contribution in [-0.4, -0.2) is 30.6 Å². The van der Waals surface area contributed by atoms with Crippen LogP contribution in [0.5, 0.6) is 0 Å². The Balaban J connectivity index is 1.44. The SMILES string of the molecule is O=C(/C=C/c1ccc(C2OCCO2)o1)NCCc1ccccn1. The molecule has 1 fully saturated rings. The molecule has 0 bridgehead atoms. The molecule has 1 amide bonds. The van der Waals surface area contributed by atoms with Crippen LogP contribution in [-0.2, 0) is 20.7 Å². The van der Waals surface area contributed by atoms with E-state index in [0.717, 1.165) is 5.69 Å². The maximum absolute atomic E-state index is 11.8. The van der Waals surface area contributed by atoms with Gasteiger partial charge in [0.2, 0.25) is 12.2 Å². The number of carbonyl (C=O) groups is 1. The van der Waals surface area contributed by atoms with Crippen LogP contribution >= 0.6 is 0 Å². The fraction of sp³-hybridized carbons (Fsp3) is 0.294. The molecule has 0 atom stereocenters. The molecule has 1 aliphatic rings. The molecule has 2 aromatic heterocycles. The third-order valence-electron chi connectivity index (χ3n) is 3.31. The number of nitrogens with one attached hydrogen (secondary N) is 1. The normalized spacial score (nSPS) is 15.3. The molecule has 1 saturated heterocycles. The van der Waals surface area contributed by atoms with E-state index in [-0.39, 0.29) is 5.91 Å². The largest absolute Gasteiger partial charge is 0.456 e. The zero-order valence-electron chi connectivity index (χ0n) is 12.6. The first-order valence-corrected chi connectivity index (χ1v) is 7.50. The molecular formula is C17H18N2O4. The Morgan fingerprint density at radius 1 is 1.26 bits per heavy atom. The summed E-state index contributed by atoms with van der Waals surface area (Å²) in [7, 11) is 0. The summed E-state index contributed by atoms with van der Waals surface area (Å²) in [5.74, 6) is 1.02. The van der Waals surface area contributed by atoms with Crippen molar-refractivity contribution in [2.75, 3.05) is 19.8 Å². The monoisotopic (exact) mass is 314 g/mol. The zero-order valence-corrected chi connectivity index (χ0v) is 12.6. The summed E-state index contributed by atoms with van der Waals surface area (Å²) in [6.07, 6.45) is 5.06. The second-order valence-electron chi connectivity index (χ2n) is 5.01. The van der Waals surface area contributed by atoms with Crippen molar-refractivity contribution >= 4 is 12.0 Å². The summed E-state index contributed by atoms with van der Waals surface area (Å²) in [5, 5.41) is 2.81. The lowest BCUT2D eigenvalue weighted by molar-refractivity contribution is -0.116. The van der Waals surface area contributed by atoms with Gasteiger partial charge in [0.05, 0.1) is 13.2 Å². The summed E-state index contributed by atoms with van der Waals surface area (Å²) in [5.41, 5.74) is 0.948. The molecule has 6 nitrogen and oxygen atoms in total. The number of furan rings is 1. The van der Waals surface area contributed by atoms with Crippen molar-refractivity contribution in [3.05, 3.63) is 59.8 Å². The molecule has 1 aliphatic heterocycles. The van der Waals surface area contributed by atoms with Gasteiger partial charge in [0.15, 0.2) is 5.76 Å². The maximum atomic E-state index is 11.8. The number of pyridine rings is 1. The lowest BCUT2D eigenvalue weighted by Crippen LogP contribution is -2.23. The topological polar surface area (TPSA) is 73.6 Å². The third-order valence-corrected chi connectivity index (χ3v) is 3.31. The van der Waals surface area contributed by atoms with Crippen molar-refractivity contribution in [3.8, 4) is 0 Å². The highest BCUT2D eigenvalue weighted by atomic mass is 16.7. The van der Waals surface area contributed by atoms with Crippen molar-refractivity contribution in [2.45, 2.75) is 12.7 Å². The summed E-state index contributed by atoms with van der Waals surface area (Å²) < 4.78 is 16.3. The van der Waals surface area contributed by atoms with Gasteiger partial charge in [0, 0.05) is 30.9 Å². The minimum Gasteiger partial charge on any atom is -0.456 e. The molecule has 120 valence electrons. The van der Waals surface area contributed by atoms with Crippen LogP contribution < -0.4 is 5.32 Å². The molecule has 0 spiro atoms. The van der Waals surface area contributed by atoms with E-state index < -0.39 is 6.29 Å². The van der Waals surface area contributed by atoms with Crippen LogP contribution in [0.15, 0.2) is 47.0 Å². The molecule has 0 saturated carbocycles. The van der Waals surface area contributed by atoms with Crippen LogP contribution in [0.4, 0.5) is 0 Å². The van der Waals surface area contributed by atoms with Gasteiger partial charge in [0.1, 0.15) is 5.76 Å². The number of rotatable bonds is 6. The number of carbonyl (C=O) groups excluding carboxylic acids is 1. The highest BCUT2D eigenvalue weighted by Crippen LogP contribution is 2.25. The average Bonchev–Trinajstić information content (AvgIpc) is 3.25. The number of nitrogens with zero attached hydrogens (tertiary/aromatic N) is 1. The van der Waals surface area contributed by atoms with Crippen LogP contribution in [0.2, 0.25) is 0 Å². The molecule has 3 heterocycles. The van der Waals surface area contributed by atoms with Crippen molar-refractivity contribution < 1.29 is 18.7 Å². The van der Waals surface area contributed by atoms with E-state index in [2.05, 4.69) is 10.3 Å². The van der Waals surface area contributed by atoms with E-state index in [1.54, 1.807) is 24.4 Å². The van der Waals surface area contributed by atoms with Gasteiger partial charge >= 0.3 is 0 Å². The fourth-order valence-corrected chi connectivity index (χ4v) is 2.18. The molecule has 3 rings (SSSR count). The molecule has 0 unspecified atom stereocenters. The van der Waals surface area contributed by atoms with Crippen LogP contribution in [0, 0.1) is 0 Å². The summed E-state index contributed by atoms with van der Waals surface area (Å²) in [6, 6.07) is 9.28. The summed E-state index contributed by atoms with van der Waals surface area (Å²) in [4.78, 5) is 16.0. The van der Waals surface area contributed by atoms with Crippen molar-refractivity contribution in [1.29, 1.82) is 0 Å². The highest BCUT2D eigenvalue weighted by Gasteiger charge is 2.21. The van der Waals surface area contributed by atoms with Crippen LogP contribution in [0.25, 0.3) is 6.08 Å². The zero-order chi connectivity index (χ0) is 15.9. The Morgan fingerprint density at radius 2 is 2.13 bits per heavy atom. The van der Waals surface area contributed by atoms with Crippen molar-refractivity contribution in [1.82, 2.24) is 10.3 Å². The van der Waals surface area contributed by atoms with E-state index in [9.17, 15) is 4.79 Å². The standard InChI is InChI=1S/C17H18N2O4/c20-16(19-10-8-13-3-1-2-9-18-13)7-5-14-4-6-15(23-14)17-21-11-12-22-17/h1-7,9,17H,8,10-12H2,(H,19,20)/b7-5+. The second-order valence-corrected chi connectivity index (χ2v) is 5.01. The first-order valence-electron chi connectivity index (χ1n) is 7.50. The van der Waals surface area contributed by atoms with E-state index in [1.165, 1.54) is 6.08 Å². The van der Waals surface area contributed by atoms with Gasteiger partial charge in [-0.25, -0.2) is 0 Å². The Labute approximate surface area is 134 Å². The summed E-state index contributed by atoms with van der Waals surface area (Å²) >= 11 is 0. The van der Waals surface area contributed by atoms with Gasteiger partial charge in [-0.2, -0.15) is 0 Å². The minimum absolute atomic E-state index is 0.174. The van der Waals surface area contributed by atoms with Crippen LogP contribution in [0.1, 0.15) is 23.5 Å². The van der Waals surface area contributed by atoms with Gasteiger partial charge in [-0.1, -0.05) is 6.07 Å². The van der Waals surface area contributed by atoms with E-state index in [0.29, 0.717) is 37.7 Å². The number of amides is 1. The second kappa shape index (κ2) is 7.71. The maximum Gasteiger partial charge on any atom is 0.244 e. The molecule has 1 N–H and O–H groups in total. The molecule has 0 aromatic carbocycles. The van der Waals surface area contributed by atoms with Gasteiger partial charge in [-0.3, -0.25) is 9.78 Å². The quantitative estimate of drug-likeness (QED) is 0.827. The molecule has 2 aromatic rings. The first kappa shape index (κ1) is 15.5. The van der Waals surface area contributed by atoms with Gasteiger partial charge in [-0.05, 0) is 30.3 Å². The number of ether oxygens (including phenoxy) is 2. The van der Waals surface area contributed by atoms with Crippen molar-refractivity contribution in [3.63, 3.8) is 0 Å². The van der Waals surface area contributed by atoms with Crippen LogP contribution in [0.3, 0.4) is 0 Å². The predicted octanol–water partition coefficient (Wildman–Crippen LogP) is 2.09. The smallest absolute Gasteiger partial charge is 0.244 e. The minimum atomic E-state index is -0.440. The van der Waals surface area contributed by atoms with Gasteiger partial charge in [-0.15, -0.1) is 0 Å². The predicted molar refractivity (Wildman–Crippen MR) is 83.3 cm³/mol. The highest BCUT2D eigenvalue weighted by molar-refractivity contribution is 5.91. The van der Waals surface area contributed by atoms with Gasteiger partial charge < -0.3 is 19.2 Å². The number of hydrogen-bond donors (Lipinski definition) is 1. The van der Waals surface area contributed by atoms with E-state index in [4.69, 9.17) is 13.9 Å². The Morgan fingerprint density at radius 3 is 2.91 bits per heavy atom. The molecule has 0 radical (unpaired) electrons. The number of aromatic nitrogens is 1. The Kier molecular flexibility index (Phi) is 5.18. The molecule has 0 aliphatic carbocycles. The Hall–Kier alpha value is -2.44. The van der Waals surface area contributed by atoms with Gasteiger partial charge in [0.25, 0.3) is 0 Å². The molecular weight excluding hydrogens is 296 g/mol. The average molecular weight is 314 g/mol. The molecule has 6 heteroatoms. The van der Waals surface area contributed by atoms with E-state index >= 15 is 0 Å². The summed E-state index contributed by atoms with van der Waals surface area (Å²) in [6.45, 7) is 1.66. The molecule has 23 heavy (non-hydrogen) atoms. The number of hydrogen-bond acceptors (Lipinski definition) is 5. The first-order chi connectivity index (χ1) is 11.3. The lowest BCUT2D eigenvalue weighted by Gasteiger charge is -2.03. The van der Waals surface area contributed by atoms with E-state index in [1.807, 2.05) is 18.2 Å². The third kappa shape index (κ3) is 4.51. The Bertz CT molecular complexity index is 660.